The van der Waals surface area contributed by atoms with E-state index in [2.05, 4.69) is 10.6 Å². The van der Waals surface area contributed by atoms with Crippen LogP contribution >= 0.6 is 0 Å². The number of nitrogens with one attached hydrogen (secondary N) is 2. The van der Waals surface area contributed by atoms with Gasteiger partial charge in [0.15, 0.2) is 0 Å². The van der Waals surface area contributed by atoms with Gasteiger partial charge in [-0.15, -0.1) is 0 Å². The molecule has 0 fully saturated rings. The summed E-state index contributed by atoms with van der Waals surface area (Å²) in [5.41, 5.74) is -0.437. The molecule has 4 N–H and O–H groups in total. The second-order valence-corrected chi connectivity index (χ2v) is 12.7. The number of carbonyl (C=O) groups is 4. The average Bonchev–Trinajstić information content (AvgIpc) is 2.99. The van der Waals surface area contributed by atoms with Gasteiger partial charge in [-0.25, -0.2) is 0 Å². The Hall–Kier alpha value is -5.68. The van der Waals surface area contributed by atoms with Crippen LogP contribution in [0.25, 0.3) is 12.2 Å². The molecule has 0 aromatic heterocycles. The molecule has 4 aromatic carbocycles. The van der Waals surface area contributed by atoms with Crippen molar-refractivity contribution in [3.63, 3.8) is 0 Å². The van der Waals surface area contributed by atoms with Gasteiger partial charge >= 0.3 is 11.9 Å². The fourth-order valence-corrected chi connectivity index (χ4v) is 5.74. The summed E-state index contributed by atoms with van der Waals surface area (Å²) in [5.74, 6) is -2.92. The third-order valence-electron chi connectivity index (χ3n) is 6.31. The highest BCUT2D eigenvalue weighted by Gasteiger charge is 2.21. The number of rotatable bonds is 10. The van der Waals surface area contributed by atoms with E-state index in [1.807, 2.05) is 0 Å². The van der Waals surface area contributed by atoms with Gasteiger partial charge in [0.05, 0.1) is 11.1 Å². The number of esters is 2. The van der Waals surface area contributed by atoms with Crippen molar-refractivity contribution in [2.75, 3.05) is 10.6 Å². The second-order valence-electron chi connectivity index (χ2n) is 9.88. The number of amides is 2. The zero-order chi connectivity index (χ0) is 35.2. The molecule has 2 amide bonds. The second kappa shape index (κ2) is 14.4. The molecule has 248 valence electrons. The molecule has 0 spiro atoms. The van der Waals surface area contributed by atoms with Gasteiger partial charge in [0, 0.05) is 25.2 Å². The Balaban J connectivity index is 1.64. The lowest BCUT2D eigenvalue weighted by molar-refractivity contribution is -0.132. The molecule has 0 heterocycles. The highest BCUT2D eigenvalue weighted by molar-refractivity contribution is 7.86. The maximum atomic E-state index is 12.9. The van der Waals surface area contributed by atoms with Crippen LogP contribution in [0.5, 0.6) is 11.5 Å². The number of para-hydroxylation sites is 2. The fourth-order valence-electron chi connectivity index (χ4n) is 4.32. The number of hydrogen-bond acceptors (Lipinski definition) is 10. The van der Waals surface area contributed by atoms with Gasteiger partial charge in [-0.1, -0.05) is 48.6 Å². The van der Waals surface area contributed by atoms with Crippen molar-refractivity contribution in [2.24, 2.45) is 0 Å². The van der Waals surface area contributed by atoms with E-state index in [1.54, 1.807) is 0 Å². The Morgan fingerprint density at radius 2 is 0.938 bits per heavy atom. The van der Waals surface area contributed by atoms with E-state index >= 15 is 0 Å². The van der Waals surface area contributed by atoms with Gasteiger partial charge in [-0.3, -0.25) is 28.3 Å². The van der Waals surface area contributed by atoms with Crippen molar-refractivity contribution in [1.29, 1.82) is 0 Å². The Morgan fingerprint density at radius 3 is 1.27 bits per heavy atom. The van der Waals surface area contributed by atoms with E-state index < -0.39 is 53.8 Å². The monoisotopic (exact) mass is 694 g/mol. The zero-order valence-electron chi connectivity index (χ0n) is 25.0. The summed E-state index contributed by atoms with van der Waals surface area (Å²) < 4.78 is 79.0. The molecule has 0 saturated carbocycles. The van der Waals surface area contributed by atoms with Crippen molar-refractivity contribution >= 4 is 67.5 Å². The minimum absolute atomic E-state index is 0.0314. The van der Waals surface area contributed by atoms with Crippen LogP contribution in [-0.2, 0) is 29.8 Å². The summed E-state index contributed by atoms with van der Waals surface area (Å²) in [6, 6.07) is 18.6. The molecule has 0 aliphatic heterocycles. The highest BCUT2D eigenvalue weighted by Crippen LogP contribution is 2.28. The first-order valence-corrected chi connectivity index (χ1v) is 16.5. The molecule has 16 heteroatoms. The lowest BCUT2D eigenvalue weighted by atomic mass is 10.1. The van der Waals surface area contributed by atoms with Crippen molar-refractivity contribution < 1.29 is 54.6 Å². The average molecular weight is 695 g/mol. The number of benzene rings is 4. The number of anilines is 2. The van der Waals surface area contributed by atoms with Crippen molar-refractivity contribution in [1.82, 2.24) is 0 Å². The smallest absolute Gasteiger partial charge is 0.308 e. The van der Waals surface area contributed by atoms with E-state index in [-0.39, 0.29) is 45.1 Å². The maximum Gasteiger partial charge on any atom is 0.308 e. The Labute approximate surface area is 274 Å². The van der Waals surface area contributed by atoms with Crippen LogP contribution in [0.4, 0.5) is 11.4 Å². The molecule has 0 atom stereocenters. The minimum atomic E-state index is -4.90. The molecule has 0 unspecified atom stereocenters. The van der Waals surface area contributed by atoms with Crippen LogP contribution in [0.15, 0.2) is 94.7 Å². The lowest BCUT2D eigenvalue weighted by Crippen LogP contribution is -2.15. The van der Waals surface area contributed by atoms with E-state index in [1.165, 1.54) is 72.8 Å². The van der Waals surface area contributed by atoms with E-state index in [0.29, 0.717) is 0 Å². The number of carbonyl (C=O) groups excluding carboxylic acids is 4. The fraction of sp³-hybridized carbons (Fsp3) is 0.0625. The third-order valence-corrected chi connectivity index (χ3v) is 8.13. The van der Waals surface area contributed by atoms with Crippen molar-refractivity contribution in [3.05, 3.63) is 107 Å². The predicted molar refractivity (Wildman–Crippen MR) is 173 cm³/mol. The topological polar surface area (TPSA) is 220 Å². The molecule has 0 aliphatic rings. The van der Waals surface area contributed by atoms with Gasteiger partial charge in [-0.2, -0.15) is 16.8 Å². The van der Waals surface area contributed by atoms with Crippen LogP contribution in [0, 0.1) is 0 Å². The van der Waals surface area contributed by atoms with Crippen molar-refractivity contribution in [2.45, 2.75) is 23.6 Å². The molecular weight excluding hydrogens is 668 g/mol. The third kappa shape index (κ3) is 8.98. The summed E-state index contributed by atoms with van der Waals surface area (Å²) in [6.07, 6.45) is 2.28. The molecule has 0 aliphatic carbocycles. The van der Waals surface area contributed by atoms with Crippen molar-refractivity contribution in [3.8, 4) is 11.5 Å². The largest absolute Gasteiger partial charge is 0.426 e. The van der Waals surface area contributed by atoms with E-state index in [0.717, 1.165) is 38.1 Å². The number of hydrogen-bond donors (Lipinski definition) is 4. The minimum Gasteiger partial charge on any atom is -0.426 e. The summed E-state index contributed by atoms with van der Waals surface area (Å²) >= 11 is 0. The number of ether oxygens (including phenoxy) is 2. The normalized spacial score (nSPS) is 11.5. The molecule has 0 bridgehead atoms. The molecule has 0 radical (unpaired) electrons. The van der Waals surface area contributed by atoms with Crippen LogP contribution in [-0.4, -0.2) is 49.7 Å². The summed E-state index contributed by atoms with van der Waals surface area (Å²) in [5, 5.41) is 4.92. The van der Waals surface area contributed by atoms with Gasteiger partial charge < -0.3 is 20.1 Å². The first kappa shape index (κ1) is 35.2. The van der Waals surface area contributed by atoms with Crippen LogP contribution in [0.3, 0.4) is 0 Å². The quantitative estimate of drug-likeness (QED) is 0.0768. The summed E-state index contributed by atoms with van der Waals surface area (Å²) in [6.45, 7) is 2.31. The molecule has 48 heavy (non-hydrogen) atoms. The van der Waals surface area contributed by atoms with Gasteiger partial charge in [0.25, 0.3) is 32.1 Å². The van der Waals surface area contributed by atoms with Crippen LogP contribution < -0.4 is 20.1 Å². The summed E-state index contributed by atoms with van der Waals surface area (Å²) in [4.78, 5) is 47.2. The Morgan fingerprint density at radius 1 is 0.583 bits per heavy atom. The molecule has 4 aromatic rings. The maximum absolute atomic E-state index is 12.9. The van der Waals surface area contributed by atoms with Gasteiger partial charge in [-0.05, 0) is 59.7 Å². The molecule has 0 saturated heterocycles. The van der Waals surface area contributed by atoms with Gasteiger partial charge in [0.2, 0.25) is 0 Å². The molecule has 14 nitrogen and oxygen atoms in total. The standard InChI is InChI=1S/C32H26N2O12S2/c1-19(35)45-27-9-5-3-7-25(27)31(37)33-23-15-13-21(29(17-23)47(39,40)41)11-12-22-14-16-24(18-30(22)48(42,43)44)34-32(38)26-8-4-6-10-28(26)46-20(2)36/h3-18H,1-2H3,(H,33,37)(H,34,38)(H,39,40,41)(H,42,43,44)/b12-11+. The first-order valence-electron chi connectivity index (χ1n) is 13.6. The molecular formula is C32H26N2O12S2. The molecule has 4 rings (SSSR count). The highest BCUT2D eigenvalue weighted by atomic mass is 32.2. The zero-order valence-corrected chi connectivity index (χ0v) is 26.7. The summed E-state index contributed by atoms with van der Waals surface area (Å²) in [7, 11) is -9.80. The van der Waals surface area contributed by atoms with E-state index in [4.69, 9.17) is 9.47 Å². The van der Waals surface area contributed by atoms with Gasteiger partial charge in [0.1, 0.15) is 21.3 Å². The lowest BCUT2D eigenvalue weighted by Gasteiger charge is -2.12. The Bertz CT molecular complexity index is 2040. The Kier molecular flexibility index (Phi) is 10.5. The van der Waals surface area contributed by atoms with E-state index in [9.17, 15) is 45.1 Å². The van der Waals surface area contributed by atoms with Crippen LogP contribution in [0.1, 0.15) is 45.7 Å². The first-order chi connectivity index (χ1) is 22.5. The predicted octanol–water partition coefficient (Wildman–Crippen LogP) is 4.71. The SMILES string of the molecule is CC(=O)Oc1ccccc1C(=O)Nc1ccc(/C=C/c2ccc(NC(=O)c3ccccc3OC(C)=O)cc2S(=O)(=O)O)c(S(=O)(=O)O)c1. The van der Waals surface area contributed by atoms with Crippen LogP contribution in [0.2, 0.25) is 0 Å².